The summed E-state index contributed by atoms with van der Waals surface area (Å²) in [4.78, 5) is 29.6. The normalized spacial score (nSPS) is 13.0. The number of rotatable bonds is 13. The molecule has 0 aromatic heterocycles. The van der Waals surface area contributed by atoms with E-state index in [0.29, 0.717) is 12.1 Å². The van der Waals surface area contributed by atoms with Crippen LogP contribution in [-0.4, -0.2) is 50.0 Å². The number of sulfonamides is 1. The molecule has 0 aliphatic heterocycles. The number of para-hydroxylation sites is 1. The van der Waals surface area contributed by atoms with Crippen LogP contribution in [0.3, 0.4) is 0 Å². The number of nitrogens with one attached hydrogen (secondary N) is 1. The molecule has 0 saturated heterocycles. The second kappa shape index (κ2) is 14.3. The van der Waals surface area contributed by atoms with Crippen molar-refractivity contribution in [2.24, 2.45) is 0 Å². The van der Waals surface area contributed by atoms with E-state index < -0.39 is 28.5 Å². The summed E-state index contributed by atoms with van der Waals surface area (Å²) < 4.78 is 27.4. The third kappa shape index (κ3) is 8.92. The fraction of sp³-hybridized carbons (Fsp3) is 0.394. The van der Waals surface area contributed by atoms with Crippen molar-refractivity contribution in [3.8, 4) is 0 Å². The predicted octanol–water partition coefficient (Wildman–Crippen LogP) is 5.44. The third-order valence-electron chi connectivity index (χ3n) is 7.25. The largest absolute Gasteiger partial charge is 0.352 e. The first-order valence-electron chi connectivity index (χ1n) is 14.2. The molecule has 8 heteroatoms. The topological polar surface area (TPSA) is 86.8 Å². The molecular weight excluding hydrogens is 534 g/mol. The second-order valence-electron chi connectivity index (χ2n) is 11.0. The summed E-state index contributed by atoms with van der Waals surface area (Å²) in [5, 5.41) is 3.05. The van der Waals surface area contributed by atoms with Crippen molar-refractivity contribution < 1.29 is 18.0 Å². The number of aryl methyl sites for hydroxylation is 1. The number of benzene rings is 3. The number of amides is 2. The molecule has 3 aromatic rings. The Kier molecular flexibility index (Phi) is 11.1. The molecule has 0 unspecified atom stereocenters. The van der Waals surface area contributed by atoms with Gasteiger partial charge in [0.25, 0.3) is 0 Å². The SMILES string of the molecule is CC[C@@H](C)NC(=O)[C@@H](Cc1ccccc1)N(Cc1ccc(C)cc1)C(=O)CN(c1ccccc1C(C)C)S(C)(=O)=O. The van der Waals surface area contributed by atoms with Crippen molar-refractivity contribution >= 4 is 27.5 Å². The van der Waals surface area contributed by atoms with Crippen molar-refractivity contribution in [2.45, 2.75) is 72.0 Å². The Morgan fingerprint density at radius 1 is 0.854 bits per heavy atom. The summed E-state index contributed by atoms with van der Waals surface area (Å²) >= 11 is 0. The number of hydrogen-bond donors (Lipinski definition) is 1. The Morgan fingerprint density at radius 3 is 2.05 bits per heavy atom. The summed E-state index contributed by atoms with van der Waals surface area (Å²) in [5.74, 6) is -0.673. The first kappa shape index (κ1) is 31.9. The van der Waals surface area contributed by atoms with E-state index in [1.807, 2.05) is 101 Å². The minimum atomic E-state index is -3.82. The Labute approximate surface area is 245 Å². The Hall–Kier alpha value is -3.65. The van der Waals surface area contributed by atoms with Gasteiger partial charge in [0.1, 0.15) is 12.6 Å². The van der Waals surface area contributed by atoms with E-state index in [4.69, 9.17) is 0 Å². The monoisotopic (exact) mass is 577 g/mol. The highest BCUT2D eigenvalue weighted by atomic mass is 32.2. The molecular formula is C33H43N3O4S. The second-order valence-corrected chi connectivity index (χ2v) is 12.9. The molecule has 3 rings (SSSR count). The lowest BCUT2D eigenvalue weighted by molar-refractivity contribution is -0.140. The molecule has 3 aromatic carbocycles. The summed E-state index contributed by atoms with van der Waals surface area (Å²) in [6.45, 7) is 9.62. The fourth-order valence-electron chi connectivity index (χ4n) is 4.68. The standard InChI is InChI=1S/C33H43N3O4S/c1-7-26(5)34-33(38)31(21-27-13-9-8-10-14-27)35(22-28-19-17-25(4)18-20-28)32(37)23-36(41(6,39)40)30-16-12-11-15-29(30)24(2)3/h8-20,24,26,31H,7,21-23H2,1-6H3,(H,34,38)/t26-,31-/m1/s1. The first-order valence-corrected chi connectivity index (χ1v) is 16.0. The molecule has 220 valence electrons. The summed E-state index contributed by atoms with van der Waals surface area (Å²) in [6, 6.07) is 23.7. The Bertz CT molecular complexity index is 1410. The molecule has 0 bridgehead atoms. The van der Waals surface area contributed by atoms with Gasteiger partial charge in [0.05, 0.1) is 11.9 Å². The van der Waals surface area contributed by atoms with Crippen LogP contribution < -0.4 is 9.62 Å². The van der Waals surface area contributed by atoms with Crippen LogP contribution in [0.1, 0.15) is 62.3 Å². The highest BCUT2D eigenvalue weighted by molar-refractivity contribution is 7.92. The van der Waals surface area contributed by atoms with Crippen LogP contribution in [0.25, 0.3) is 0 Å². The van der Waals surface area contributed by atoms with Crippen molar-refractivity contribution in [2.75, 3.05) is 17.1 Å². The van der Waals surface area contributed by atoms with Crippen molar-refractivity contribution in [3.05, 3.63) is 101 Å². The molecule has 0 aliphatic rings. The summed E-state index contributed by atoms with van der Waals surface area (Å²) in [6.07, 6.45) is 2.14. The molecule has 0 aliphatic carbocycles. The van der Waals surface area contributed by atoms with Crippen molar-refractivity contribution in [1.82, 2.24) is 10.2 Å². The minimum Gasteiger partial charge on any atom is -0.352 e. The maximum Gasteiger partial charge on any atom is 0.244 e. The number of hydrogen-bond acceptors (Lipinski definition) is 4. The third-order valence-corrected chi connectivity index (χ3v) is 8.38. The molecule has 2 amide bonds. The van der Waals surface area contributed by atoms with E-state index in [1.165, 1.54) is 9.21 Å². The lowest BCUT2D eigenvalue weighted by atomic mass is 10.0. The highest BCUT2D eigenvalue weighted by Gasteiger charge is 2.34. The molecule has 0 radical (unpaired) electrons. The van der Waals surface area contributed by atoms with E-state index in [9.17, 15) is 18.0 Å². The average molecular weight is 578 g/mol. The van der Waals surface area contributed by atoms with Crippen LogP contribution in [0.5, 0.6) is 0 Å². The molecule has 7 nitrogen and oxygen atoms in total. The van der Waals surface area contributed by atoms with Gasteiger partial charge in [-0.15, -0.1) is 0 Å². The van der Waals surface area contributed by atoms with Crippen LogP contribution in [0, 0.1) is 6.92 Å². The van der Waals surface area contributed by atoms with Gasteiger partial charge in [-0.3, -0.25) is 13.9 Å². The molecule has 0 fully saturated rings. The number of carbonyl (C=O) groups excluding carboxylic acids is 2. The molecule has 1 N–H and O–H groups in total. The smallest absolute Gasteiger partial charge is 0.244 e. The van der Waals surface area contributed by atoms with Gasteiger partial charge in [0.15, 0.2) is 0 Å². The van der Waals surface area contributed by atoms with E-state index in [-0.39, 0.29) is 24.4 Å². The van der Waals surface area contributed by atoms with Gasteiger partial charge in [-0.1, -0.05) is 99.1 Å². The zero-order valence-corrected chi connectivity index (χ0v) is 25.8. The average Bonchev–Trinajstić information content (AvgIpc) is 2.94. The number of anilines is 1. The molecule has 41 heavy (non-hydrogen) atoms. The van der Waals surface area contributed by atoms with E-state index in [2.05, 4.69) is 5.32 Å². The highest BCUT2D eigenvalue weighted by Crippen LogP contribution is 2.29. The quantitative estimate of drug-likeness (QED) is 0.293. The predicted molar refractivity (Wildman–Crippen MR) is 166 cm³/mol. The number of nitrogens with zero attached hydrogens (tertiary/aromatic N) is 2. The van der Waals surface area contributed by atoms with Gasteiger partial charge in [-0.25, -0.2) is 8.42 Å². The van der Waals surface area contributed by atoms with Gasteiger partial charge in [0.2, 0.25) is 21.8 Å². The molecule has 0 spiro atoms. The number of carbonyl (C=O) groups is 2. The first-order chi connectivity index (χ1) is 19.4. The van der Waals surface area contributed by atoms with Crippen LogP contribution in [-0.2, 0) is 32.6 Å². The fourth-order valence-corrected chi connectivity index (χ4v) is 5.55. The van der Waals surface area contributed by atoms with E-state index in [0.717, 1.165) is 34.9 Å². The maximum atomic E-state index is 14.3. The minimum absolute atomic E-state index is 0.0429. The Morgan fingerprint density at radius 2 is 1.46 bits per heavy atom. The van der Waals surface area contributed by atoms with Crippen LogP contribution in [0.4, 0.5) is 5.69 Å². The zero-order chi connectivity index (χ0) is 30.2. The molecule has 0 saturated carbocycles. The summed E-state index contributed by atoms with van der Waals surface area (Å²) in [5.41, 5.74) is 4.13. The van der Waals surface area contributed by atoms with E-state index >= 15 is 0 Å². The summed E-state index contributed by atoms with van der Waals surface area (Å²) in [7, 11) is -3.82. The van der Waals surface area contributed by atoms with Gasteiger partial charge < -0.3 is 10.2 Å². The van der Waals surface area contributed by atoms with Crippen LogP contribution >= 0.6 is 0 Å². The van der Waals surface area contributed by atoms with Gasteiger partial charge in [0, 0.05) is 19.0 Å². The van der Waals surface area contributed by atoms with Gasteiger partial charge in [-0.2, -0.15) is 0 Å². The lowest BCUT2D eigenvalue weighted by Gasteiger charge is -2.34. The van der Waals surface area contributed by atoms with Crippen molar-refractivity contribution in [1.29, 1.82) is 0 Å². The maximum absolute atomic E-state index is 14.3. The lowest BCUT2D eigenvalue weighted by Crippen LogP contribution is -2.54. The Balaban J connectivity index is 2.09. The molecule has 2 atom stereocenters. The van der Waals surface area contributed by atoms with Crippen LogP contribution in [0.15, 0.2) is 78.9 Å². The van der Waals surface area contributed by atoms with Crippen molar-refractivity contribution in [3.63, 3.8) is 0 Å². The molecule has 0 heterocycles. The van der Waals surface area contributed by atoms with Gasteiger partial charge >= 0.3 is 0 Å². The zero-order valence-electron chi connectivity index (χ0n) is 25.0. The van der Waals surface area contributed by atoms with Crippen LogP contribution in [0.2, 0.25) is 0 Å². The van der Waals surface area contributed by atoms with E-state index in [1.54, 1.807) is 12.1 Å². The van der Waals surface area contributed by atoms with Gasteiger partial charge in [-0.05, 0) is 48.9 Å².